The molecular weight excluding hydrogens is 555 g/mol. The smallest absolute Gasteiger partial charge is 0.384 e. The zero-order chi connectivity index (χ0) is 30.0. The highest BCUT2D eigenvalue weighted by Gasteiger charge is 2.39. The van der Waals surface area contributed by atoms with Crippen molar-refractivity contribution in [2.45, 2.75) is 63.1 Å². The summed E-state index contributed by atoms with van der Waals surface area (Å²) in [7, 11) is 0. The largest absolute Gasteiger partial charge is 0.416 e. The quantitative estimate of drug-likeness (QED) is 0.373. The van der Waals surface area contributed by atoms with Gasteiger partial charge in [-0.3, -0.25) is 14.8 Å². The fourth-order valence-electron chi connectivity index (χ4n) is 7.11. The van der Waals surface area contributed by atoms with Gasteiger partial charge in [-0.25, -0.2) is 4.98 Å². The van der Waals surface area contributed by atoms with Crippen LogP contribution in [0.25, 0.3) is 11.1 Å². The molecule has 0 aromatic carbocycles. The summed E-state index contributed by atoms with van der Waals surface area (Å²) in [5, 5.41) is 11.4. The van der Waals surface area contributed by atoms with E-state index in [0.717, 1.165) is 67.7 Å². The minimum absolute atomic E-state index is 0.0945. The van der Waals surface area contributed by atoms with E-state index in [4.69, 9.17) is 0 Å². The van der Waals surface area contributed by atoms with Gasteiger partial charge >= 0.3 is 6.18 Å². The van der Waals surface area contributed by atoms with Crippen molar-refractivity contribution in [1.82, 2.24) is 19.9 Å². The number of likely N-dealkylation sites (tertiary alicyclic amines) is 1. The van der Waals surface area contributed by atoms with E-state index in [1.54, 1.807) is 12.4 Å². The molecule has 0 radical (unpaired) electrons. The molecule has 0 spiro atoms. The second kappa shape index (κ2) is 12.2. The first kappa shape index (κ1) is 29.5. The van der Waals surface area contributed by atoms with E-state index >= 15 is 0 Å². The number of hydrogen-bond donors (Lipinski definition) is 1. The van der Waals surface area contributed by atoms with Crippen LogP contribution in [0.4, 0.5) is 19.0 Å². The van der Waals surface area contributed by atoms with Gasteiger partial charge in [0.15, 0.2) is 0 Å². The Hall–Kier alpha value is -3.53. The van der Waals surface area contributed by atoms with Gasteiger partial charge in [0.1, 0.15) is 11.4 Å². The number of rotatable bonds is 6. The van der Waals surface area contributed by atoms with Gasteiger partial charge in [-0.05, 0) is 99.1 Å². The molecule has 3 aliphatic rings. The number of anilines is 1. The second-order valence-electron chi connectivity index (χ2n) is 12.5. The maximum atomic E-state index is 13.3. The van der Waals surface area contributed by atoms with Crippen molar-refractivity contribution >= 4 is 11.7 Å². The molecule has 10 heteroatoms. The van der Waals surface area contributed by atoms with E-state index in [0.29, 0.717) is 56.4 Å². The number of alkyl halides is 3. The molecule has 1 N–H and O–H groups in total. The summed E-state index contributed by atoms with van der Waals surface area (Å²) in [5.41, 5.74) is 1.18. The van der Waals surface area contributed by atoms with E-state index in [1.807, 2.05) is 40.3 Å². The van der Waals surface area contributed by atoms with Crippen LogP contribution in [0.5, 0.6) is 0 Å². The lowest BCUT2D eigenvalue weighted by atomic mass is 9.74. The SMILES string of the molecule is O=C(C1CCN(c2cc(C(F)(F)F)ccn2)CC1)N1CC[C@H](CC2CCC(O)(c3ccc(-c4ccncc4)cn3)CC2)C1. The number of aliphatic hydroxyl groups is 1. The summed E-state index contributed by atoms with van der Waals surface area (Å²) in [4.78, 5) is 30.0. The first-order valence-corrected chi connectivity index (χ1v) is 15.3. The molecule has 1 atom stereocenters. The predicted octanol–water partition coefficient (Wildman–Crippen LogP) is 6.09. The lowest BCUT2D eigenvalue weighted by Crippen LogP contribution is -2.42. The Labute approximate surface area is 250 Å². The van der Waals surface area contributed by atoms with Gasteiger partial charge < -0.3 is 14.9 Å². The molecule has 0 bridgehead atoms. The van der Waals surface area contributed by atoms with Crippen molar-refractivity contribution in [2.75, 3.05) is 31.1 Å². The zero-order valence-corrected chi connectivity index (χ0v) is 24.2. The molecule has 0 unspecified atom stereocenters. The highest BCUT2D eigenvalue weighted by Crippen LogP contribution is 2.42. The van der Waals surface area contributed by atoms with Crippen LogP contribution in [0.1, 0.15) is 62.6 Å². The number of halogens is 3. The van der Waals surface area contributed by atoms with Crippen LogP contribution in [0.3, 0.4) is 0 Å². The molecule has 6 rings (SSSR count). The second-order valence-corrected chi connectivity index (χ2v) is 12.5. The van der Waals surface area contributed by atoms with E-state index < -0.39 is 17.3 Å². The number of hydrogen-bond acceptors (Lipinski definition) is 6. The molecule has 2 saturated heterocycles. The maximum Gasteiger partial charge on any atom is 0.416 e. The number of piperidine rings is 1. The summed E-state index contributed by atoms with van der Waals surface area (Å²) in [6.45, 7) is 2.58. The van der Waals surface area contributed by atoms with E-state index in [2.05, 4.69) is 15.0 Å². The van der Waals surface area contributed by atoms with Crippen molar-refractivity contribution in [2.24, 2.45) is 17.8 Å². The van der Waals surface area contributed by atoms with E-state index in [-0.39, 0.29) is 11.8 Å². The van der Waals surface area contributed by atoms with Crippen LogP contribution in [-0.2, 0) is 16.6 Å². The number of nitrogens with zero attached hydrogens (tertiary/aromatic N) is 5. The Morgan fingerprint density at radius 2 is 1.63 bits per heavy atom. The summed E-state index contributed by atoms with van der Waals surface area (Å²) in [6.07, 6.45) is 8.70. The Kier molecular flexibility index (Phi) is 8.40. The number of pyridine rings is 3. The molecule has 3 fully saturated rings. The van der Waals surface area contributed by atoms with Crippen LogP contribution < -0.4 is 4.90 Å². The lowest BCUT2D eigenvalue weighted by molar-refractivity contribution is -0.137. The average molecular weight is 594 g/mol. The minimum atomic E-state index is -4.40. The molecule has 228 valence electrons. The number of aromatic nitrogens is 3. The molecule has 5 heterocycles. The van der Waals surface area contributed by atoms with Gasteiger partial charge in [-0.1, -0.05) is 6.07 Å². The number of amides is 1. The lowest BCUT2D eigenvalue weighted by Gasteiger charge is -2.36. The molecule has 7 nitrogen and oxygen atoms in total. The molecule has 1 amide bonds. The third kappa shape index (κ3) is 6.69. The van der Waals surface area contributed by atoms with Gasteiger partial charge in [-0.15, -0.1) is 0 Å². The van der Waals surface area contributed by atoms with Crippen molar-refractivity contribution in [3.05, 3.63) is 72.4 Å². The summed E-state index contributed by atoms with van der Waals surface area (Å²) < 4.78 is 39.3. The zero-order valence-electron chi connectivity index (χ0n) is 24.2. The maximum absolute atomic E-state index is 13.3. The molecular formula is C33H38F3N5O2. The van der Waals surface area contributed by atoms with Gasteiger partial charge in [-0.2, -0.15) is 13.2 Å². The first-order chi connectivity index (χ1) is 20.7. The molecule has 1 aliphatic carbocycles. The van der Waals surface area contributed by atoms with Gasteiger partial charge in [0.2, 0.25) is 5.91 Å². The predicted molar refractivity (Wildman–Crippen MR) is 157 cm³/mol. The van der Waals surface area contributed by atoms with Crippen LogP contribution in [0.15, 0.2) is 61.2 Å². The third-order valence-electron chi connectivity index (χ3n) is 9.69. The van der Waals surface area contributed by atoms with Gasteiger partial charge in [0.05, 0.1) is 11.3 Å². The average Bonchev–Trinajstić information content (AvgIpc) is 3.51. The Morgan fingerprint density at radius 3 is 2.30 bits per heavy atom. The summed E-state index contributed by atoms with van der Waals surface area (Å²) in [5.74, 6) is 1.40. The Balaban J connectivity index is 0.955. The normalized spacial score (nSPS) is 25.2. The monoisotopic (exact) mass is 593 g/mol. The highest BCUT2D eigenvalue weighted by molar-refractivity contribution is 5.79. The molecule has 2 aliphatic heterocycles. The Bertz CT molecular complexity index is 1390. The van der Waals surface area contributed by atoms with Crippen LogP contribution >= 0.6 is 0 Å². The topological polar surface area (TPSA) is 82.5 Å². The van der Waals surface area contributed by atoms with Crippen molar-refractivity contribution in [3.8, 4) is 11.1 Å². The third-order valence-corrected chi connectivity index (χ3v) is 9.69. The molecule has 1 saturated carbocycles. The number of carbonyl (C=O) groups excluding carboxylic acids is 1. The van der Waals surface area contributed by atoms with Crippen LogP contribution in [0.2, 0.25) is 0 Å². The molecule has 3 aromatic heterocycles. The van der Waals surface area contributed by atoms with E-state index in [9.17, 15) is 23.1 Å². The first-order valence-electron chi connectivity index (χ1n) is 15.3. The fourth-order valence-corrected chi connectivity index (χ4v) is 7.11. The van der Waals surface area contributed by atoms with Gasteiger partial charge in [0, 0.05) is 62.4 Å². The van der Waals surface area contributed by atoms with Gasteiger partial charge in [0.25, 0.3) is 0 Å². The van der Waals surface area contributed by atoms with Crippen molar-refractivity contribution in [1.29, 1.82) is 0 Å². The van der Waals surface area contributed by atoms with Crippen LogP contribution in [0, 0.1) is 17.8 Å². The summed E-state index contributed by atoms with van der Waals surface area (Å²) in [6, 6.07) is 9.92. The number of carbonyl (C=O) groups is 1. The standard InChI is InChI=1S/C33H38F3N5O2/c34-33(35,36)28-7-15-38-30(20-28)40-17-9-26(10-18-40)31(42)41-16-8-24(22-41)19-23-3-11-32(43,12-4-23)29-2-1-27(21-39-29)25-5-13-37-14-6-25/h1-2,5-7,13-15,20-21,23-24,26,43H,3-4,8-12,16-19,22H2/t23?,24-,32?/m1/s1. The Morgan fingerprint density at radius 1 is 0.884 bits per heavy atom. The molecule has 3 aromatic rings. The van der Waals surface area contributed by atoms with E-state index in [1.165, 1.54) is 6.20 Å². The molecule has 43 heavy (non-hydrogen) atoms. The van der Waals surface area contributed by atoms with Crippen molar-refractivity contribution < 1.29 is 23.1 Å². The highest BCUT2D eigenvalue weighted by atomic mass is 19.4. The van der Waals surface area contributed by atoms with Crippen molar-refractivity contribution in [3.63, 3.8) is 0 Å². The fraction of sp³-hybridized carbons (Fsp3) is 0.515. The van der Waals surface area contributed by atoms with Crippen LogP contribution in [-0.4, -0.2) is 57.0 Å². The summed E-state index contributed by atoms with van der Waals surface area (Å²) >= 11 is 0. The minimum Gasteiger partial charge on any atom is -0.384 e.